The summed E-state index contributed by atoms with van der Waals surface area (Å²) >= 11 is 0. The maximum atomic E-state index is 12.1. The van der Waals surface area contributed by atoms with Crippen molar-refractivity contribution in [1.29, 1.82) is 0 Å². The topological polar surface area (TPSA) is 78.4 Å². The molecule has 0 saturated heterocycles. The third-order valence-corrected chi connectivity index (χ3v) is 3.58. The van der Waals surface area contributed by atoms with E-state index in [0.717, 1.165) is 30.6 Å². The van der Waals surface area contributed by atoms with Crippen molar-refractivity contribution in [2.75, 3.05) is 18.4 Å². The Kier molecular flexibility index (Phi) is 4.74. The van der Waals surface area contributed by atoms with Crippen LogP contribution in [0, 0.1) is 0 Å². The van der Waals surface area contributed by atoms with Crippen molar-refractivity contribution in [1.82, 2.24) is 5.32 Å². The molecule has 108 valence electrons. The summed E-state index contributed by atoms with van der Waals surface area (Å²) in [5.74, 6) is -0.993. The molecule has 1 aromatic carbocycles. The predicted octanol–water partition coefficient (Wildman–Crippen LogP) is 1.68. The number of hydrogen-bond donors (Lipinski definition) is 3. The van der Waals surface area contributed by atoms with Crippen LogP contribution in [0.15, 0.2) is 18.2 Å². The molecule has 20 heavy (non-hydrogen) atoms. The molecule has 0 aliphatic carbocycles. The van der Waals surface area contributed by atoms with Gasteiger partial charge in [0.05, 0.1) is 6.54 Å². The number of carbonyl (C=O) groups excluding carboxylic acids is 1. The minimum absolute atomic E-state index is 0.0526. The van der Waals surface area contributed by atoms with Gasteiger partial charge in [0.2, 0.25) is 0 Å². The normalized spacial score (nSPS) is 15.1. The number of anilines is 1. The number of carboxylic acids is 1. The monoisotopic (exact) mass is 276 g/mol. The standard InChI is InChI=1S/C15H20N2O3/c1-2-12(15(19)20)17-9-14(18)11-5-6-13-10(8-11)4-3-7-16-13/h5-6,8,12,16-17H,2-4,7,9H2,1H3,(H,19,20). The second-order valence-electron chi connectivity index (χ2n) is 5.01. The number of hydrogen-bond acceptors (Lipinski definition) is 4. The summed E-state index contributed by atoms with van der Waals surface area (Å²) < 4.78 is 0. The summed E-state index contributed by atoms with van der Waals surface area (Å²) in [7, 11) is 0. The van der Waals surface area contributed by atoms with Crippen LogP contribution >= 0.6 is 0 Å². The third kappa shape index (κ3) is 3.36. The SMILES string of the molecule is CCC(NCC(=O)c1ccc2c(c1)CCCN2)C(=O)O. The maximum absolute atomic E-state index is 12.1. The summed E-state index contributed by atoms with van der Waals surface area (Å²) in [5.41, 5.74) is 2.89. The van der Waals surface area contributed by atoms with E-state index in [4.69, 9.17) is 5.11 Å². The lowest BCUT2D eigenvalue weighted by Crippen LogP contribution is -2.39. The Bertz CT molecular complexity index is 514. The van der Waals surface area contributed by atoms with Gasteiger partial charge in [-0.2, -0.15) is 0 Å². The fraction of sp³-hybridized carbons (Fsp3) is 0.467. The highest BCUT2D eigenvalue weighted by molar-refractivity contribution is 5.98. The first-order valence-corrected chi connectivity index (χ1v) is 6.98. The molecule has 1 atom stereocenters. The van der Waals surface area contributed by atoms with Crippen molar-refractivity contribution in [3.05, 3.63) is 29.3 Å². The van der Waals surface area contributed by atoms with Gasteiger partial charge in [0, 0.05) is 17.8 Å². The lowest BCUT2D eigenvalue weighted by Gasteiger charge is -2.18. The van der Waals surface area contributed by atoms with Crippen LogP contribution in [0.4, 0.5) is 5.69 Å². The average molecular weight is 276 g/mol. The number of ketones is 1. The van der Waals surface area contributed by atoms with Gasteiger partial charge in [-0.15, -0.1) is 0 Å². The highest BCUT2D eigenvalue weighted by Crippen LogP contribution is 2.23. The first kappa shape index (κ1) is 14.5. The number of Topliss-reactive ketones (excluding diaryl/α,β-unsaturated/α-hetero) is 1. The molecule has 0 saturated carbocycles. The van der Waals surface area contributed by atoms with Gasteiger partial charge in [0.15, 0.2) is 5.78 Å². The van der Waals surface area contributed by atoms with Gasteiger partial charge in [-0.1, -0.05) is 6.92 Å². The lowest BCUT2D eigenvalue weighted by atomic mass is 9.99. The molecule has 1 aromatic rings. The van der Waals surface area contributed by atoms with E-state index in [2.05, 4.69) is 10.6 Å². The molecule has 0 aromatic heterocycles. The van der Waals surface area contributed by atoms with E-state index in [9.17, 15) is 9.59 Å². The molecule has 1 heterocycles. The molecule has 5 heteroatoms. The van der Waals surface area contributed by atoms with Gasteiger partial charge < -0.3 is 10.4 Å². The Morgan fingerprint density at radius 1 is 1.45 bits per heavy atom. The zero-order valence-electron chi connectivity index (χ0n) is 11.6. The number of aliphatic carboxylic acids is 1. The Labute approximate surface area is 118 Å². The second kappa shape index (κ2) is 6.52. The largest absolute Gasteiger partial charge is 0.480 e. The fourth-order valence-corrected chi connectivity index (χ4v) is 2.37. The number of carboxylic acid groups (broad SMARTS) is 1. The van der Waals surface area contributed by atoms with Gasteiger partial charge in [0.1, 0.15) is 6.04 Å². The molecule has 1 aliphatic rings. The molecule has 1 unspecified atom stereocenters. The van der Waals surface area contributed by atoms with Crippen LogP contribution in [0.2, 0.25) is 0 Å². The smallest absolute Gasteiger partial charge is 0.320 e. The zero-order chi connectivity index (χ0) is 14.5. The van der Waals surface area contributed by atoms with Crippen molar-refractivity contribution in [2.24, 2.45) is 0 Å². The Morgan fingerprint density at radius 3 is 2.95 bits per heavy atom. The van der Waals surface area contributed by atoms with Crippen molar-refractivity contribution in [2.45, 2.75) is 32.2 Å². The van der Waals surface area contributed by atoms with E-state index in [0.29, 0.717) is 12.0 Å². The molecule has 0 spiro atoms. The van der Waals surface area contributed by atoms with E-state index in [1.807, 2.05) is 12.1 Å². The van der Waals surface area contributed by atoms with Gasteiger partial charge in [0.25, 0.3) is 0 Å². The predicted molar refractivity (Wildman–Crippen MR) is 77.3 cm³/mol. The van der Waals surface area contributed by atoms with Crippen LogP contribution in [0.5, 0.6) is 0 Å². The Morgan fingerprint density at radius 2 is 2.25 bits per heavy atom. The number of nitrogens with one attached hydrogen (secondary N) is 2. The molecule has 0 bridgehead atoms. The molecule has 3 N–H and O–H groups in total. The van der Waals surface area contributed by atoms with Crippen molar-refractivity contribution < 1.29 is 14.7 Å². The molecular weight excluding hydrogens is 256 g/mol. The third-order valence-electron chi connectivity index (χ3n) is 3.58. The minimum Gasteiger partial charge on any atom is -0.480 e. The fourth-order valence-electron chi connectivity index (χ4n) is 2.37. The van der Waals surface area contributed by atoms with E-state index < -0.39 is 12.0 Å². The highest BCUT2D eigenvalue weighted by atomic mass is 16.4. The van der Waals surface area contributed by atoms with Gasteiger partial charge in [-0.05, 0) is 43.0 Å². The summed E-state index contributed by atoms with van der Waals surface area (Å²) in [4.78, 5) is 23.0. The molecule has 5 nitrogen and oxygen atoms in total. The summed E-state index contributed by atoms with van der Waals surface area (Å²) in [6, 6.07) is 4.96. The number of rotatable bonds is 6. The zero-order valence-corrected chi connectivity index (χ0v) is 11.6. The summed E-state index contributed by atoms with van der Waals surface area (Å²) in [6.07, 6.45) is 2.50. The van der Waals surface area contributed by atoms with E-state index in [1.165, 1.54) is 0 Å². The number of fused-ring (bicyclic) bond motifs is 1. The highest BCUT2D eigenvalue weighted by Gasteiger charge is 2.17. The maximum Gasteiger partial charge on any atom is 0.320 e. The van der Waals surface area contributed by atoms with Crippen molar-refractivity contribution >= 4 is 17.4 Å². The lowest BCUT2D eigenvalue weighted by molar-refractivity contribution is -0.139. The van der Waals surface area contributed by atoms with Gasteiger partial charge in [-0.3, -0.25) is 14.9 Å². The molecule has 2 rings (SSSR count). The van der Waals surface area contributed by atoms with E-state index in [-0.39, 0.29) is 12.3 Å². The van der Waals surface area contributed by atoms with Gasteiger partial charge >= 0.3 is 5.97 Å². The molecule has 0 amide bonds. The number of benzene rings is 1. The Hall–Kier alpha value is -1.88. The molecular formula is C15H20N2O3. The van der Waals surface area contributed by atoms with Crippen LogP contribution in [-0.4, -0.2) is 36.0 Å². The van der Waals surface area contributed by atoms with E-state index >= 15 is 0 Å². The first-order chi connectivity index (χ1) is 9.61. The van der Waals surface area contributed by atoms with Crippen molar-refractivity contribution in [3.8, 4) is 0 Å². The van der Waals surface area contributed by atoms with E-state index in [1.54, 1.807) is 13.0 Å². The molecule has 0 radical (unpaired) electrons. The second-order valence-corrected chi connectivity index (χ2v) is 5.01. The summed E-state index contributed by atoms with van der Waals surface area (Å²) in [5, 5.41) is 15.0. The van der Waals surface area contributed by atoms with Crippen LogP contribution in [-0.2, 0) is 11.2 Å². The minimum atomic E-state index is -0.921. The Balaban J connectivity index is 2.00. The van der Waals surface area contributed by atoms with Crippen molar-refractivity contribution in [3.63, 3.8) is 0 Å². The summed E-state index contributed by atoms with van der Waals surface area (Å²) in [6.45, 7) is 2.80. The first-order valence-electron chi connectivity index (χ1n) is 6.98. The average Bonchev–Trinajstić information content (AvgIpc) is 2.46. The quantitative estimate of drug-likeness (QED) is 0.689. The van der Waals surface area contributed by atoms with Crippen LogP contribution in [0.1, 0.15) is 35.7 Å². The van der Waals surface area contributed by atoms with Crippen LogP contribution in [0.25, 0.3) is 0 Å². The van der Waals surface area contributed by atoms with Crippen LogP contribution < -0.4 is 10.6 Å². The van der Waals surface area contributed by atoms with Crippen LogP contribution in [0.3, 0.4) is 0 Å². The molecule has 0 fully saturated rings. The number of carbonyl (C=O) groups is 2. The molecule has 1 aliphatic heterocycles. The number of aryl methyl sites for hydroxylation is 1. The van der Waals surface area contributed by atoms with Gasteiger partial charge in [-0.25, -0.2) is 0 Å².